The summed E-state index contributed by atoms with van der Waals surface area (Å²) in [6.07, 6.45) is -4.46. The number of rotatable bonds is 6. The van der Waals surface area contributed by atoms with Crippen molar-refractivity contribution in [3.05, 3.63) is 35.9 Å². The van der Waals surface area contributed by atoms with Crippen molar-refractivity contribution in [1.29, 1.82) is 0 Å². The molecule has 0 aromatic heterocycles. The molecule has 1 aromatic carbocycles. The second-order valence-electron chi connectivity index (χ2n) is 7.46. The molecule has 1 aliphatic rings. The highest BCUT2D eigenvalue weighted by atomic mass is 32.1. The Morgan fingerprint density at radius 2 is 1.37 bits per heavy atom. The molecular formula is C20H24O9S. The number of carbonyl (C=O) groups is 4. The van der Waals surface area contributed by atoms with Crippen LogP contribution in [0.2, 0.25) is 0 Å². The number of hydrogen-bond acceptors (Lipinski definition) is 10. The Labute approximate surface area is 178 Å². The summed E-state index contributed by atoms with van der Waals surface area (Å²) < 4.78 is 5.62. The van der Waals surface area contributed by atoms with E-state index in [4.69, 9.17) is 4.74 Å². The van der Waals surface area contributed by atoms with E-state index in [0.29, 0.717) is 0 Å². The summed E-state index contributed by atoms with van der Waals surface area (Å²) in [5.74, 6) is -4.93. The smallest absolute Gasteiger partial charge is 0.204 e. The zero-order chi connectivity index (χ0) is 23.3. The average molecular weight is 440 g/mol. The van der Waals surface area contributed by atoms with Crippen LogP contribution in [0.4, 0.5) is 0 Å². The maximum absolute atomic E-state index is 12.7. The third-order valence-corrected chi connectivity index (χ3v) is 6.39. The van der Waals surface area contributed by atoms with Crippen molar-refractivity contribution in [2.45, 2.75) is 61.6 Å². The van der Waals surface area contributed by atoms with Crippen LogP contribution in [0.5, 0.6) is 0 Å². The van der Waals surface area contributed by atoms with Crippen LogP contribution < -0.4 is 0 Å². The molecule has 0 radical (unpaired) electrons. The van der Waals surface area contributed by atoms with Crippen LogP contribution in [0.15, 0.2) is 30.3 Å². The molecule has 1 saturated heterocycles. The lowest BCUT2D eigenvalue weighted by atomic mass is 9.57. The number of hydrogen-bond donors (Lipinski definition) is 5. The first-order valence-corrected chi connectivity index (χ1v) is 9.43. The van der Waals surface area contributed by atoms with Gasteiger partial charge < -0.3 is 25.2 Å². The number of aliphatic hydroxyl groups is 4. The highest BCUT2D eigenvalue weighted by Gasteiger charge is 2.82. The highest BCUT2D eigenvalue weighted by Crippen LogP contribution is 2.57. The molecule has 1 aromatic rings. The molecule has 30 heavy (non-hydrogen) atoms. The average Bonchev–Trinajstić information content (AvgIpc) is 2.68. The summed E-state index contributed by atoms with van der Waals surface area (Å²) in [6, 6.07) is 7.23. The third kappa shape index (κ3) is 2.83. The minimum Gasteiger partial charge on any atom is -0.382 e. The minimum absolute atomic E-state index is 0.0444. The van der Waals surface area contributed by atoms with Gasteiger partial charge in [0.15, 0.2) is 33.7 Å². The van der Waals surface area contributed by atoms with Gasteiger partial charge in [-0.1, -0.05) is 30.3 Å². The van der Waals surface area contributed by atoms with E-state index in [2.05, 4.69) is 12.6 Å². The monoisotopic (exact) mass is 440 g/mol. The van der Waals surface area contributed by atoms with E-state index in [1.807, 2.05) is 0 Å². The van der Waals surface area contributed by atoms with Gasteiger partial charge >= 0.3 is 0 Å². The Balaban J connectivity index is 3.06. The molecule has 0 amide bonds. The molecule has 1 fully saturated rings. The summed E-state index contributed by atoms with van der Waals surface area (Å²) in [5.41, 5.74) is -10.2. The first kappa shape index (κ1) is 24.3. The van der Waals surface area contributed by atoms with E-state index in [-0.39, 0.29) is 5.56 Å². The Bertz CT molecular complexity index is 903. The molecule has 0 aliphatic carbocycles. The molecule has 2 rings (SSSR count). The molecule has 0 spiro atoms. The number of carbonyl (C=O) groups excluding carboxylic acids is 4. The van der Waals surface area contributed by atoms with Gasteiger partial charge in [0.2, 0.25) is 11.2 Å². The van der Waals surface area contributed by atoms with Gasteiger partial charge in [0.05, 0.1) is 0 Å². The van der Waals surface area contributed by atoms with Gasteiger partial charge in [0.25, 0.3) is 0 Å². The van der Waals surface area contributed by atoms with E-state index in [9.17, 15) is 39.6 Å². The molecule has 164 valence electrons. The standard InChI is InChI=1S/C20H24O9S/c1-10(21)15(25)16-17(26,11(2)22)18(27,12(3)23)19(28,13(4)24)20(30,29-16)14-8-6-5-7-9-14/h5-9,15-16,25-28,30H,1-4H3/t15?,16-,17-,18+,19-,20-/m1/s1. The molecule has 0 bridgehead atoms. The number of ketones is 4. The largest absolute Gasteiger partial charge is 0.382 e. The van der Waals surface area contributed by atoms with Crippen LogP contribution >= 0.6 is 12.6 Å². The molecule has 1 aliphatic heterocycles. The predicted molar refractivity (Wildman–Crippen MR) is 106 cm³/mol. The molecule has 10 heteroatoms. The minimum atomic E-state index is -3.53. The Morgan fingerprint density at radius 3 is 1.73 bits per heavy atom. The fraction of sp³-hybridized carbons (Fsp3) is 0.500. The van der Waals surface area contributed by atoms with Gasteiger partial charge in [-0.3, -0.25) is 19.2 Å². The van der Waals surface area contributed by atoms with Crippen molar-refractivity contribution in [2.24, 2.45) is 0 Å². The third-order valence-electron chi connectivity index (χ3n) is 5.70. The summed E-state index contributed by atoms with van der Waals surface area (Å²) in [4.78, 5) is 47.3. The number of benzene rings is 1. The van der Waals surface area contributed by atoms with E-state index in [1.54, 1.807) is 6.07 Å². The Kier molecular flexibility index (Phi) is 6.19. The van der Waals surface area contributed by atoms with E-state index < -0.39 is 57.1 Å². The van der Waals surface area contributed by atoms with Crippen molar-refractivity contribution >= 4 is 35.8 Å². The van der Waals surface area contributed by atoms with Crippen LogP contribution in [0, 0.1) is 0 Å². The lowest BCUT2D eigenvalue weighted by Gasteiger charge is -2.61. The van der Waals surface area contributed by atoms with Crippen LogP contribution in [-0.2, 0) is 28.8 Å². The molecule has 9 nitrogen and oxygen atoms in total. The first-order valence-electron chi connectivity index (χ1n) is 8.98. The van der Waals surface area contributed by atoms with Crippen LogP contribution in [0.3, 0.4) is 0 Å². The normalized spacial score (nSPS) is 37.3. The first-order chi connectivity index (χ1) is 13.6. The number of ether oxygens (including phenoxy) is 1. The summed E-state index contributed by atoms with van der Waals surface area (Å²) >= 11 is 4.29. The van der Waals surface area contributed by atoms with Crippen LogP contribution in [-0.4, -0.2) is 72.6 Å². The van der Waals surface area contributed by atoms with Crippen molar-refractivity contribution in [2.75, 3.05) is 0 Å². The Hall–Kier alpha value is -1.95. The van der Waals surface area contributed by atoms with E-state index in [1.165, 1.54) is 24.3 Å². The van der Waals surface area contributed by atoms with Crippen LogP contribution in [0.25, 0.3) is 0 Å². The quantitative estimate of drug-likeness (QED) is 0.353. The lowest BCUT2D eigenvalue weighted by molar-refractivity contribution is -0.339. The van der Waals surface area contributed by atoms with Gasteiger partial charge in [-0.2, -0.15) is 0 Å². The fourth-order valence-electron chi connectivity index (χ4n) is 4.00. The zero-order valence-corrected chi connectivity index (χ0v) is 17.7. The molecule has 4 N–H and O–H groups in total. The molecule has 1 heterocycles. The van der Waals surface area contributed by atoms with Crippen molar-refractivity contribution < 1.29 is 44.3 Å². The molecule has 1 unspecified atom stereocenters. The fourth-order valence-corrected chi connectivity index (χ4v) is 4.58. The number of thiol groups is 1. The maximum Gasteiger partial charge on any atom is 0.204 e. The van der Waals surface area contributed by atoms with Gasteiger partial charge in [0.1, 0.15) is 12.2 Å². The van der Waals surface area contributed by atoms with Crippen molar-refractivity contribution in [3.63, 3.8) is 0 Å². The molecular weight excluding hydrogens is 416 g/mol. The zero-order valence-electron chi connectivity index (χ0n) is 16.8. The highest BCUT2D eigenvalue weighted by molar-refractivity contribution is 7.81. The SMILES string of the molecule is CC(=O)C(O)[C@H]1O[C@@](S)(c2ccccc2)[C@@](O)(C(C)=O)[C@](O)(C(C)=O)[C@@]1(O)C(C)=O. The summed E-state index contributed by atoms with van der Waals surface area (Å²) in [5, 5.41) is 44.7. The Morgan fingerprint density at radius 1 is 0.900 bits per heavy atom. The van der Waals surface area contributed by atoms with Crippen molar-refractivity contribution in [3.8, 4) is 0 Å². The number of aliphatic hydroxyl groups excluding tert-OH is 1. The van der Waals surface area contributed by atoms with E-state index in [0.717, 1.165) is 27.7 Å². The second kappa shape index (κ2) is 7.63. The lowest BCUT2D eigenvalue weighted by Crippen LogP contribution is -2.88. The van der Waals surface area contributed by atoms with Crippen molar-refractivity contribution in [1.82, 2.24) is 0 Å². The van der Waals surface area contributed by atoms with Gasteiger partial charge in [0, 0.05) is 0 Å². The second-order valence-corrected chi connectivity index (χ2v) is 8.09. The summed E-state index contributed by atoms with van der Waals surface area (Å²) in [6.45, 7) is 3.23. The molecule has 0 saturated carbocycles. The summed E-state index contributed by atoms with van der Waals surface area (Å²) in [7, 11) is 0. The molecule has 6 atom stereocenters. The predicted octanol–water partition coefficient (Wildman–Crippen LogP) is -0.922. The van der Waals surface area contributed by atoms with Gasteiger partial charge in [-0.25, -0.2) is 0 Å². The van der Waals surface area contributed by atoms with Gasteiger partial charge in [-0.05, 0) is 33.3 Å². The van der Waals surface area contributed by atoms with Gasteiger partial charge in [-0.15, -0.1) is 12.6 Å². The van der Waals surface area contributed by atoms with E-state index >= 15 is 0 Å². The number of Topliss-reactive ketones (excluding diaryl/α,β-unsaturated/α-hetero) is 4. The topological polar surface area (TPSA) is 158 Å². The van der Waals surface area contributed by atoms with Crippen LogP contribution in [0.1, 0.15) is 33.3 Å². The maximum atomic E-state index is 12.7.